The fourth-order valence-electron chi connectivity index (χ4n) is 4.38. The lowest BCUT2D eigenvalue weighted by Crippen LogP contribution is -2.41. The summed E-state index contributed by atoms with van der Waals surface area (Å²) in [5.74, 6) is 0.672. The normalized spacial score (nSPS) is 16.8. The van der Waals surface area contributed by atoms with Crippen LogP contribution in [0.2, 0.25) is 0 Å². The van der Waals surface area contributed by atoms with Gasteiger partial charge < -0.3 is 4.98 Å². The van der Waals surface area contributed by atoms with Gasteiger partial charge in [-0.25, -0.2) is 9.89 Å². The van der Waals surface area contributed by atoms with E-state index < -0.39 is 6.04 Å². The lowest BCUT2D eigenvalue weighted by molar-refractivity contribution is -0.124. The van der Waals surface area contributed by atoms with Crippen LogP contribution >= 0.6 is 11.8 Å². The minimum atomic E-state index is -0.545. The second-order valence-electron chi connectivity index (χ2n) is 8.20. The molecule has 3 heterocycles. The molecule has 1 atom stereocenters. The zero-order valence-corrected chi connectivity index (χ0v) is 19.0. The summed E-state index contributed by atoms with van der Waals surface area (Å²) in [6.07, 6.45) is 2.44. The van der Waals surface area contributed by atoms with Crippen molar-refractivity contribution < 1.29 is 9.59 Å². The van der Waals surface area contributed by atoms with Gasteiger partial charge in [0.05, 0.1) is 11.4 Å². The van der Waals surface area contributed by atoms with Gasteiger partial charge in [-0.2, -0.15) is 0 Å². The number of rotatable bonds is 5. The van der Waals surface area contributed by atoms with Crippen LogP contribution in [0.3, 0.4) is 0 Å². The summed E-state index contributed by atoms with van der Waals surface area (Å²) in [5.41, 5.74) is 4.32. The molecule has 1 aromatic heterocycles. The van der Waals surface area contributed by atoms with E-state index in [0.29, 0.717) is 23.0 Å². The average Bonchev–Trinajstić information content (AvgIpc) is 3.44. The van der Waals surface area contributed by atoms with Gasteiger partial charge in [-0.05, 0) is 23.8 Å². The largest absolute Gasteiger partial charge is 0.361 e. The molecule has 2 aliphatic heterocycles. The van der Waals surface area contributed by atoms with Crippen LogP contribution in [0.15, 0.2) is 95.0 Å². The Bertz CT molecular complexity index is 1490. The Morgan fingerprint density at radius 3 is 2.62 bits per heavy atom. The molecule has 0 spiro atoms. The Hall–Kier alpha value is -3.97. The average molecular weight is 465 g/mol. The first kappa shape index (κ1) is 20.6. The number of carbonyl (C=O) groups excluding carboxylic acids is 2. The van der Waals surface area contributed by atoms with Crippen molar-refractivity contribution in [3.8, 4) is 0 Å². The van der Waals surface area contributed by atoms with Crippen LogP contribution in [0.5, 0.6) is 0 Å². The van der Waals surface area contributed by atoms with Crippen molar-refractivity contribution >= 4 is 51.0 Å². The number of hydrogen-bond donors (Lipinski definition) is 1. The quantitative estimate of drug-likeness (QED) is 0.423. The molecule has 0 fully saturated rings. The number of amidine groups is 2. The number of nitrogens with one attached hydrogen (secondary N) is 1. The maximum absolute atomic E-state index is 13.6. The van der Waals surface area contributed by atoms with Crippen LogP contribution < -0.4 is 0 Å². The minimum absolute atomic E-state index is 0.00682. The van der Waals surface area contributed by atoms with E-state index in [1.54, 1.807) is 17.0 Å². The van der Waals surface area contributed by atoms with Crippen molar-refractivity contribution in [2.45, 2.75) is 12.5 Å². The van der Waals surface area contributed by atoms with Crippen molar-refractivity contribution in [1.82, 2.24) is 9.88 Å². The van der Waals surface area contributed by atoms with Crippen LogP contribution in [-0.4, -0.2) is 44.4 Å². The third-order valence-electron chi connectivity index (χ3n) is 6.06. The number of ketones is 1. The Morgan fingerprint density at radius 2 is 1.74 bits per heavy atom. The molecular weight excluding hydrogens is 444 g/mol. The number of fused-ring (bicyclic) bond motifs is 4. The van der Waals surface area contributed by atoms with E-state index in [1.807, 2.05) is 72.9 Å². The van der Waals surface area contributed by atoms with Gasteiger partial charge in [-0.3, -0.25) is 14.6 Å². The SMILES string of the molecule is O=C(CSC1=Nc2ccccc2C2=N[C@@H](Cc3c[nH]c4ccccc34)C(=O)N12)c1ccccc1. The Balaban J connectivity index is 1.31. The van der Waals surface area contributed by atoms with Gasteiger partial charge in [-0.15, -0.1) is 0 Å². The first-order chi connectivity index (χ1) is 16.7. The number of aliphatic imine (C=N–C) groups is 2. The van der Waals surface area contributed by atoms with Gasteiger partial charge in [0.2, 0.25) is 0 Å². The summed E-state index contributed by atoms with van der Waals surface area (Å²) < 4.78 is 0. The molecule has 0 unspecified atom stereocenters. The number of carbonyl (C=O) groups is 2. The van der Waals surface area contributed by atoms with Crippen molar-refractivity contribution in [3.63, 3.8) is 0 Å². The number of amides is 1. The van der Waals surface area contributed by atoms with Gasteiger partial charge in [0.25, 0.3) is 5.91 Å². The Kier molecular flexibility index (Phi) is 5.11. The number of aromatic nitrogens is 1. The number of aromatic amines is 1. The summed E-state index contributed by atoms with van der Waals surface area (Å²) >= 11 is 1.28. The van der Waals surface area contributed by atoms with Crippen molar-refractivity contribution in [2.24, 2.45) is 9.98 Å². The molecule has 166 valence electrons. The van der Waals surface area contributed by atoms with Gasteiger partial charge in [0.15, 0.2) is 11.0 Å². The van der Waals surface area contributed by atoms with E-state index in [2.05, 4.69) is 4.98 Å². The van der Waals surface area contributed by atoms with Crippen LogP contribution in [0, 0.1) is 0 Å². The van der Waals surface area contributed by atoms with Crippen LogP contribution in [0.1, 0.15) is 21.5 Å². The molecule has 1 amide bonds. The highest BCUT2D eigenvalue weighted by Gasteiger charge is 2.41. The summed E-state index contributed by atoms with van der Waals surface area (Å²) in [4.78, 5) is 40.7. The van der Waals surface area contributed by atoms with Crippen LogP contribution in [0.25, 0.3) is 10.9 Å². The first-order valence-electron chi connectivity index (χ1n) is 11.0. The van der Waals surface area contributed by atoms with E-state index in [4.69, 9.17) is 9.98 Å². The molecule has 0 bridgehead atoms. The van der Waals surface area contributed by atoms with Gasteiger partial charge in [0, 0.05) is 34.6 Å². The third kappa shape index (κ3) is 3.54. The number of nitrogens with zero attached hydrogens (tertiary/aromatic N) is 3. The summed E-state index contributed by atoms with van der Waals surface area (Å²) in [6, 6.07) is 24.3. The Labute approximate surface area is 200 Å². The Morgan fingerprint density at radius 1 is 0.971 bits per heavy atom. The monoisotopic (exact) mass is 464 g/mol. The van der Waals surface area contributed by atoms with Crippen molar-refractivity contribution in [1.29, 1.82) is 0 Å². The van der Waals surface area contributed by atoms with Crippen LogP contribution in [0.4, 0.5) is 5.69 Å². The predicted molar refractivity (Wildman–Crippen MR) is 136 cm³/mol. The number of hydrogen-bond acceptors (Lipinski definition) is 5. The van der Waals surface area contributed by atoms with Gasteiger partial charge in [-0.1, -0.05) is 72.4 Å². The molecule has 6 rings (SSSR count). The first-order valence-corrected chi connectivity index (χ1v) is 12.0. The maximum atomic E-state index is 13.6. The highest BCUT2D eigenvalue weighted by atomic mass is 32.2. The molecule has 34 heavy (non-hydrogen) atoms. The molecule has 0 radical (unpaired) electrons. The lowest BCUT2D eigenvalue weighted by atomic mass is 10.1. The molecule has 4 aromatic rings. The number of thioether (sulfide) groups is 1. The highest BCUT2D eigenvalue weighted by Crippen LogP contribution is 2.34. The lowest BCUT2D eigenvalue weighted by Gasteiger charge is -2.25. The number of Topliss-reactive ketones (excluding diaryl/α,β-unsaturated/α-hetero) is 1. The third-order valence-corrected chi connectivity index (χ3v) is 7.00. The molecule has 0 aliphatic carbocycles. The second-order valence-corrected chi connectivity index (χ2v) is 9.14. The summed E-state index contributed by atoms with van der Waals surface area (Å²) in [6.45, 7) is 0. The number of para-hydroxylation sites is 2. The predicted octanol–water partition coefficient (Wildman–Crippen LogP) is 4.99. The summed E-state index contributed by atoms with van der Waals surface area (Å²) in [7, 11) is 0. The molecule has 3 aromatic carbocycles. The maximum Gasteiger partial charge on any atom is 0.259 e. The molecule has 0 saturated heterocycles. The molecule has 0 saturated carbocycles. The minimum Gasteiger partial charge on any atom is -0.361 e. The standard InChI is InChI=1S/C27H20N4O2S/c32-24(17-8-2-1-3-9-17)16-34-27-30-22-13-7-5-11-20(22)25-29-23(26(33)31(25)27)14-18-15-28-21-12-6-4-10-19(18)21/h1-13,15,23,28H,14,16H2/t23-/m0/s1. The van der Waals surface area contributed by atoms with E-state index in [1.165, 1.54) is 11.8 Å². The second kappa shape index (κ2) is 8.43. The van der Waals surface area contributed by atoms with E-state index in [9.17, 15) is 9.59 Å². The fraction of sp³-hybridized carbons (Fsp3) is 0.111. The van der Waals surface area contributed by atoms with E-state index in [0.717, 1.165) is 27.7 Å². The highest BCUT2D eigenvalue weighted by molar-refractivity contribution is 8.14. The van der Waals surface area contributed by atoms with Crippen molar-refractivity contribution in [2.75, 3.05) is 5.75 Å². The topological polar surface area (TPSA) is 77.9 Å². The van der Waals surface area contributed by atoms with E-state index >= 15 is 0 Å². The van der Waals surface area contributed by atoms with E-state index in [-0.39, 0.29) is 17.4 Å². The smallest absolute Gasteiger partial charge is 0.259 e. The zero-order valence-electron chi connectivity index (χ0n) is 18.1. The van der Waals surface area contributed by atoms with Gasteiger partial charge >= 0.3 is 0 Å². The molecule has 2 aliphatic rings. The summed E-state index contributed by atoms with van der Waals surface area (Å²) in [5, 5.41) is 1.59. The molecule has 6 nitrogen and oxygen atoms in total. The number of H-pyrrole nitrogens is 1. The van der Waals surface area contributed by atoms with Crippen LogP contribution in [-0.2, 0) is 11.2 Å². The van der Waals surface area contributed by atoms with Crippen molar-refractivity contribution in [3.05, 3.63) is 102 Å². The molecule has 1 N–H and O–H groups in total. The molecule has 7 heteroatoms. The van der Waals surface area contributed by atoms with Gasteiger partial charge in [0.1, 0.15) is 11.9 Å². The zero-order chi connectivity index (χ0) is 23.1. The fourth-order valence-corrected chi connectivity index (χ4v) is 5.27. The molecular formula is C27H20N4O2S. The number of benzene rings is 3.